The van der Waals surface area contributed by atoms with Gasteiger partial charge in [0.2, 0.25) is 0 Å². The van der Waals surface area contributed by atoms with Crippen molar-refractivity contribution in [3.8, 4) is 16.9 Å². The lowest BCUT2D eigenvalue weighted by molar-refractivity contribution is 0.0697. The molecule has 0 spiro atoms. The van der Waals surface area contributed by atoms with Crippen LogP contribution >= 0.6 is 11.6 Å². The minimum Gasteiger partial charge on any atom is -0.495 e. The van der Waals surface area contributed by atoms with Crippen LogP contribution < -0.4 is 10.5 Å². The van der Waals surface area contributed by atoms with E-state index >= 15 is 0 Å². The van der Waals surface area contributed by atoms with Crippen LogP contribution in [0.3, 0.4) is 0 Å². The lowest BCUT2D eigenvalue weighted by Gasteiger charge is -2.08. The third-order valence-corrected chi connectivity index (χ3v) is 2.98. The number of ether oxygens (including phenoxy) is 1. The summed E-state index contributed by atoms with van der Waals surface area (Å²) in [5.74, 6) is -0.457. The van der Waals surface area contributed by atoms with Crippen LogP contribution in [0.1, 0.15) is 10.4 Å². The lowest BCUT2D eigenvalue weighted by atomic mass is 10.0. The van der Waals surface area contributed by atoms with E-state index in [1.54, 1.807) is 30.3 Å². The maximum absolute atomic E-state index is 11.0. The van der Waals surface area contributed by atoms with Crippen molar-refractivity contribution in [2.45, 2.75) is 0 Å². The first kappa shape index (κ1) is 13.2. The van der Waals surface area contributed by atoms with Crippen LogP contribution in [0.5, 0.6) is 5.75 Å². The molecule has 2 rings (SSSR count). The van der Waals surface area contributed by atoms with Gasteiger partial charge < -0.3 is 15.6 Å². The number of methoxy groups -OCH3 is 1. The molecule has 0 aliphatic carbocycles. The predicted octanol–water partition coefficient (Wildman–Crippen LogP) is 3.30. The summed E-state index contributed by atoms with van der Waals surface area (Å²) in [7, 11) is 1.53. The fraction of sp³-hybridized carbons (Fsp3) is 0.0714. The van der Waals surface area contributed by atoms with E-state index < -0.39 is 5.97 Å². The molecule has 0 atom stereocenters. The van der Waals surface area contributed by atoms with Crippen LogP contribution in [0.15, 0.2) is 36.4 Å². The van der Waals surface area contributed by atoms with Gasteiger partial charge in [-0.3, -0.25) is 0 Å². The van der Waals surface area contributed by atoms with Crippen LogP contribution in [-0.4, -0.2) is 18.2 Å². The Labute approximate surface area is 115 Å². The molecule has 0 unspecified atom stereocenters. The summed E-state index contributed by atoms with van der Waals surface area (Å²) in [4.78, 5) is 11.0. The van der Waals surface area contributed by atoms with Gasteiger partial charge in [-0.1, -0.05) is 17.7 Å². The van der Waals surface area contributed by atoms with Crippen molar-refractivity contribution in [1.82, 2.24) is 0 Å². The number of hydrogen-bond acceptors (Lipinski definition) is 3. The van der Waals surface area contributed by atoms with Gasteiger partial charge in [0.25, 0.3) is 0 Å². The molecule has 3 N–H and O–H groups in total. The summed E-state index contributed by atoms with van der Waals surface area (Å²) in [5, 5.41) is 9.47. The Balaban J connectivity index is 2.52. The molecule has 2 aromatic rings. The van der Waals surface area contributed by atoms with Crippen molar-refractivity contribution in [3.05, 3.63) is 47.0 Å². The summed E-state index contributed by atoms with van der Waals surface area (Å²) in [6.07, 6.45) is 0. The maximum atomic E-state index is 11.0. The zero-order chi connectivity index (χ0) is 14.0. The Morgan fingerprint density at radius 1 is 1.21 bits per heavy atom. The first-order chi connectivity index (χ1) is 9.01. The van der Waals surface area contributed by atoms with Crippen LogP contribution in [0.4, 0.5) is 5.69 Å². The van der Waals surface area contributed by atoms with E-state index in [0.29, 0.717) is 22.0 Å². The van der Waals surface area contributed by atoms with Gasteiger partial charge in [0.1, 0.15) is 5.75 Å². The van der Waals surface area contributed by atoms with E-state index in [0.717, 1.165) is 5.56 Å². The SMILES string of the molecule is COc1ccc(-c2cc(N)cc(C(=O)O)c2)cc1Cl. The number of carboxylic acid groups (broad SMARTS) is 1. The molecule has 0 radical (unpaired) electrons. The van der Waals surface area contributed by atoms with E-state index in [1.165, 1.54) is 13.2 Å². The number of nitrogens with two attached hydrogens (primary N) is 1. The number of rotatable bonds is 3. The van der Waals surface area contributed by atoms with E-state index in [2.05, 4.69) is 0 Å². The number of benzene rings is 2. The fourth-order valence-corrected chi connectivity index (χ4v) is 2.05. The normalized spacial score (nSPS) is 10.2. The number of hydrogen-bond donors (Lipinski definition) is 2. The second-order valence-electron chi connectivity index (χ2n) is 4.00. The average Bonchev–Trinajstić information content (AvgIpc) is 2.37. The van der Waals surface area contributed by atoms with E-state index in [9.17, 15) is 4.79 Å². The topological polar surface area (TPSA) is 72.5 Å². The van der Waals surface area contributed by atoms with Crippen LogP contribution in [-0.2, 0) is 0 Å². The molecule has 0 aliphatic heterocycles. The molecule has 0 amide bonds. The van der Waals surface area contributed by atoms with Gasteiger partial charge in [0, 0.05) is 5.69 Å². The molecule has 2 aromatic carbocycles. The quantitative estimate of drug-likeness (QED) is 0.845. The summed E-state index contributed by atoms with van der Waals surface area (Å²) in [6.45, 7) is 0. The Kier molecular flexibility index (Phi) is 3.62. The molecule has 0 aliphatic rings. The number of carboxylic acids is 1. The number of halogens is 1. The molecule has 0 fully saturated rings. The summed E-state index contributed by atoms with van der Waals surface area (Å²) >= 11 is 6.05. The highest BCUT2D eigenvalue weighted by Crippen LogP contribution is 2.31. The molecule has 0 bridgehead atoms. The van der Waals surface area contributed by atoms with Gasteiger partial charge in [-0.05, 0) is 41.5 Å². The van der Waals surface area contributed by atoms with Gasteiger partial charge in [-0.2, -0.15) is 0 Å². The Morgan fingerprint density at radius 3 is 2.53 bits per heavy atom. The predicted molar refractivity (Wildman–Crippen MR) is 74.8 cm³/mol. The number of carbonyl (C=O) groups is 1. The fourth-order valence-electron chi connectivity index (χ4n) is 1.79. The largest absolute Gasteiger partial charge is 0.495 e. The van der Waals surface area contributed by atoms with Crippen molar-refractivity contribution in [2.75, 3.05) is 12.8 Å². The second-order valence-corrected chi connectivity index (χ2v) is 4.41. The molecule has 0 saturated heterocycles. The molecule has 5 heteroatoms. The molecule has 0 aromatic heterocycles. The minimum absolute atomic E-state index is 0.141. The Morgan fingerprint density at radius 2 is 1.95 bits per heavy atom. The van der Waals surface area contributed by atoms with Gasteiger partial charge in [0.15, 0.2) is 0 Å². The summed E-state index contributed by atoms with van der Waals surface area (Å²) in [6, 6.07) is 9.89. The molecule has 98 valence electrons. The molecular formula is C14H12ClNO3. The summed E-state index contributed by atoms with van der Waals surface area (Å²) < 4.78 is 5.07. The van der Waals surface area contributed by atoms with Crippen molar-refractivity contribution in [2.24, 2.45) is 0 Å². The van der Waals surface area contributed by atoms with Crippen LogP contribution in [0, 0.1) is 0 Å². The van der Waals surface area contributed by atoms with Gasteiger partial charge in [-0.25, -0.2) is 4.79 Å². The minimum atomic E-state index is -1.02. The standard InChI is InChI=1S/C14H12ClNO3/c1-19-13-3-2-8(7-12(13)15)9-4-10(14(17)18)6-11(16)5-9/h2-7H,16H2,1H3,(H,17,18). The monoisotopic (exact) mass is 277 g/mol. The number of aromatic carboxylic acids is 1. The molecule has 0 saturated carbocycles. The Bertz CT molecular complexity index is 641. The third-order valence-electron chi connectivity index (χ3n) is 2.69. The van der Waals surface area contributed by atoms with Gasteiger partial charge >= 0.3 is 5.97 Å². The van der Waals surface area contributed by atoms with Crippen molar-refractivity contribution in [3.63, 3.8) is 0 Å². The second kappa shape index (κ2) is 5.20. The highest BCUT2D eigenvalue weighted by Gasteiger charge is 2.09. The first-order valence-electron chi connectivity index (χ1n) is 5.49. The van der Waals surface area contributed by atoms with Crippen molar-refractivity contribution >= 4 is 23.3 Å². The van der Waals surface area contributed by atoms with E-state index in [-0.39, 0.29) is 5.56 Å². The first-order valence-corrected chi connectivity index (χ1v) is 5.87. The Hall–Kier alpha value is -2.20. The number of nitrogen functional groups attached to an aromatic ring is 1. The van der Waals surface area contributed by atoms with Gasteiger partial charge in [-0.15, -0.1) is 0 Å². The van der Waals surface area contributed by atoms with Crippen molar-refractivity contribution < 1.29 is 14.6 Å². The molecule has 19 heavy (non-hydrogen) atoms. The maximum Gasteiger partial charge on any atom is 0.335 e. The number of anilines is 1. The highest BCUT2D eigenvalue weighted by atomic mass is 35.5. The van der Waals surface area contributed by atoms with E-state index in [1.807, 2.05) is 0 Å². The van der Waals surface area contributed by atoms with Gasteiger partial charge in [0.05, 0.1) is 17.7 Å². The zero-order valence-corrected chi connectivity index (χ0v) is 10.9. The highest BCUT2D eigenvalue weighted by molar-refractivity contribution is 6.32. The lowest BCUT2D eigenvalue weighted by Crippen LogP contribution is -1.98. The third kappa shape index (κ3) is 2.80. The zero-order valence-electron chi connectivity index (χ0n) is 10.2. The van der Waals surface area contributed by atoms with Crippen molar-refractivity contribution in [1.29, 1.82) is 0 Å². The summed E-state index contributed by atoms with van der Waals surface area (Å²) in [5.41, 5.74) is 7.71. The van der Waals surface area contributed by atoms with Crippen LogP contribution in [0.2, 0.25) is 5.02 Å². The average molecular weight is 278 g/mol. The molecule has 4 nitrogen and oxygen atoms in total. The molecule has 0 heterocycles. The smallest absolute Gasteiger partial charge is 0.335 e. The van der Waals surface area contributed by atoms with E-state index in [4.69, 9.17) is 27.2 Å². The van der Waals surface area contributed by atoms with Crippen LogP contribution in [0.25, 0.3) is 11.1 Å². The molecular weight excluding hydrogens is 266 g/mol.